The first-order valence-corrected chi connectivity index (χ1v) is 9.81. The first-order chi connectivity index (χ1) is 13.4. The Hall–Kier alpha value is -2.42. The minimum absolute atomic E-state index is 0.167. The van der Waals surface area contributed by atoms with Gasteiger partial charge in [-0.3, -0.25) is 19.1 Å². The van der Waals surface area contributed by atoms with Crippen LogP contribution in [0.2, 0.25) is 0 Å². The van der Waals surface area contributed by atoms with Gasteiger partial charge in [-0.2, -0.15) is 5.10 Å². The summed E-state index contributed by atoms with van der Waals surface area (Å²) < 4.78 is 6.43. The second-order valence-electron chi connectivity index (χ2n) is 7.77. The first kappa shape index (κ1) is 20.3. The molecule has 9 heteroatoms. The average molecular weight is 391 g/mol. The molecule has 1 saturated carbocycles. The van der Waals surface area contributed by atoms with Crippen LogP contribution in [0.15, 0.2) is 6.07 Å². The SMILES string of the molecule is COCCCNC(=O)c1cc2n(n1)C[C@@](C)(C(=O)NC1CCCC1)N(C)C2=O. The fourth-order valence-electron chi connectivity index (χ4n) is 3.76. The third-order valence-electron chi connectivity index (χ3n) is 5.72. The van der Waals surface area contributed by atoms with Gasteiger partial charge in [0, 0.05) is 39.4 Å². The number of ether oxygens (including phenoxy) is 1. The largest absolute Gasteiger partial charge is 0.385 e. The molecule has 1 aliphatic carbocycles. The highest BCUT2D eigenvalue weighted by molar-refractivity contribution is 6.01. The van der Waals surface area contributed by atoms with E-state index in [-0.39, 0.29) is 36.0 Å². The molecule has 0 bridgehead atoms. The van der Waals surface area contributed by atoms with Crippen LogP contribution < -0.4 is 10.6 Å². The molecule has 9 nitrogen and oxygen atoms in total. The number of methoxy groups -OCH3 is 1. The van der Waals surface area contributed by atoms with Gasteiger partial charge in [-0.25, -0.2) is 0 Å². The Morgan fingerprint density at radius 2 is 2.07 bits per heavy atom. The smallest absolute Gasteiger partial charge is 0.272 e. The molecule has 2 aliphatic rings. The van der Waals surface area contributed by atoms with Crippen LogP contribution >= 0.6 is 0 Å². The van der Waals surface area contributed by atoms with E-state index in [2.05, 4.69) is 15.7 Å². The van der Waals surface area contributed by atoms with Gasteiger partial charge in [0.1, 0.15) is 11.2 Å². The van der Waals surface area contributed by atoms with Crippen molar-refractivity contribution >= 4 is 17.7 Å². The van der Waals surface area contributed by atoms with Gasteiger partial charge >= 0.3 is 0 Å². The fraction of sp³-hybridized carbons (Fsp3) is 0.684. The number of carbonyl (C=O) groups is 3. The number of aromatic nitrogens is 2. The van der Waals surface area contributed by atoms with Crippen molar-refractivity contribution in [2.75, 3.05) is 27.3 Å². The number of fused-ring (bicyclic) bond motifs is 1. The van der Waals surface area contributed by atoms with Crippen LogP contribution in [0.5, 0.6) is 0 Å². The summed E-state index contributed by atoms with van der Waals surface area (Å²) in [5, 5.41) is 10.1. The number of carbonyl (C=O) groups excluding carboxylic acids is 3. The van der Waals surface area contributed by atoms with Crippen molar-refractivity contribution in [3.8, 4) is 0 Å². The lowest BCUT2D eigenvalue weighted by Crippen LogP contribution is -2.63. The van der Waals surface area contributed by atoms with Gasteiger partial charge in [-0.1, -0.05) is 12.8 Å². The van der Waals surface area contributed by atoms with E-state index in [1.54, 1.807) is 21.1 Å². The van der Waals surface area contributed by atoms with Crippen molar-refractivity contribution < 1.29 is 19.1 Å². The highest BCUT2D eigenvalue weighted by atomic mass is 16.5. The molecule has 0 radical (unpaired) electrons. The Morgan fingerprint density at radius 1 is 1.36 bits per heavy atom. The first-order valence-electron chi connectivity index (χ1n) is 9.81. The summed E-state index contributed by atoms with van der Waals surface area (Å²) in [5.41, 5.74) is -0.560. The van der Waals surface area contributed by atoms with E-state index in [9.17, 15) is 14.4 Å². The van der Waals surface area contributed by atoms with Crippen LogP contribution in [0.3, 0.4) is 0 Å². The summed E-state index contributed by atoms with van der Waals surface area (Å²) in [4.78, 5) is 39.6. The van der Waals surface area contributed by atoms with Crippen LogP contribution in [0, 0.1) is 0 Å². The predicted octanol–water partition coefficient (Wildman–Crippen LogP) is 0.553. The van der Waals surface area contributed by atoms with Crippen molar-refractivity contribution in [1.82, 2.24) is 25.3 Å². The minimum Gasteiger partial charge on any atom is -0.385 e. The molecule has 0 spiro atoms. The van der Waals surface area contributed by atoms with Gasteiger partial charge < -0.3 is 20.3 Å². The summed E-state index contributed by atoms with van der Waals surface area (Å²) in [6.45, 7) is 2.96. The third kappa shape index (κ3) is 3.89. The maximum Gasteiger partial charge on any atom is 0.272 e. The third-order valence-corrected chi connectivity index (χ3v) is 5.72. The van der Waals surface area contributed by atoms with Crippen LogP contribution in [-0.4, -0.2) is 71.3 Å². The molecule has 2 N–H and O–H groups in total. The van der Waals surface area contributed by atoms with Crippen LogP contribution in [0.4, 0.5) is 0 Å². The Balaban J connectivity index is 1.73. The Bertz CT molecular complexity index is 756. The molecule has 1 aliphatic heterocycles. The van der Waals surface area contributed by atoms with Gasteiger partial charge in [-0.15, -0.1) is 0 Å². The number of rotatable bonds is 7. The number of nitrogens with zero attached hydrogens (tertiary/aromatic N) is 3. The fourth-order valence-corrected chi connectivity index (χ4v) is 3.76. The van der Waals surface area contributed by atoms with E-state index in [0.717, 1.165) is 25.7 Å². The lowest BCUT2D eigenvalue weighted by Gasteiger charge is -2.41. The van der Waals surface area contributed by atoms with Crippen LogP contribution in [0.25, 0.3) is 0 Å². The van der Waals surface area contributed by atoms with E-state index >= 15 is 0 Å². The van der Waals surface area contributed by atoms with Crippen LogP contribution in [-0.2, 0) is 16.1 Å². The molecule has 1 aromatic rings. The van der Waals surface area contributed by atoms with E-state index in [4.69, 9.17) is 4.74 Å². The molecule has 1 fully saturated rings. The van der Waals surface area contributed by atoms with Crippen molar-refractivity contribution in [1.29, 1.82) is 0 Å². The summed E-state index contributed by atoms with van der Waals surface area (Å²) in [6, 6.07) is 1.65. The predicted molar refractivity (Wildman–Crippen MR) is 102 cm³/mol. The molecule has 1 atom stereocenters. The van der Waals surface area contributed by atoms with E-state index in [1.165, 1.54) is 15.6 Å². The molecule has 0 saturated heterocycles. The average Bonchev–Trinajstić information content (AvgIpc) is 3.33. The second-order valence-corrected chi connectivity index (χ2v) is 7.77. The summed E-state index contributed by atoms with van der Waals surface area (Å²) >= 11 is 0. The zero-order chi connectivity index (χ0) is 20.3. The summed E-state index contributed by atoms with van der Waals surface area (Å²) in [6.07, 6.45) is 4.86. The summed E-state index contributed by atoms with van der Waals surface area (Å²) in [5.74, 6) is -0.839. The van der Waals surface area contributed by atoms with Crippen molar-refractivity contribution in [2.24, 2.45) is 0 Å². The molecule has 0 aromatic carbocycles. The van der Waals surface area contributed by atoms with E-state index < -0.39 is 5.54 Å². The van der Waals surface area contributed by atoms with Gasteiger partial charge in [0.05, 0.1) is 6.54 Å². The van der Waals surface area contributed by atoms with Gasteiger partial charge in [0.2, 0.25) is 5.91 Å². The molecule has 3 amide bonds. The van der Waals surface area contributed by atoms with Crippen molar-refractivity contribution in [2.45, 2.75) is 57.2 Å². The zero-order valence-corrected chi connectivity index (χ0v) is 16.8. The number of hydrogen-bond donors (Lipinski definition) is 2. The van der Waals surface area contributed by atoms with Gasteiger partial charge in [-0.05, 0) is 26.2 Å². The number of nitrogens with one attached hydrogen (secondary N) is 2. The molecule has 2 heterocycles. The van der Waals surface area contributed by atoms with Gasteiger partial charge in [0.15, 0.2) is 5.69 Å². The zero-order valence-electron chi connectivity index (χ0n) is 16.8. The molecule has 154 valence electrons. The molecule has 0 unspecified atom stereocenters. The highest BCUT2D eigenvalue weighted by Crippen LogP contribution is 2.27. The lowest BCUT2D eigenvalue weighted by atomic mass is 9.95. The molecular weight excluding hydrogens is 362 g/mol. The highest BCUT2D eigenvalue weighted by Gasteiger charge is 2.46. The van der Waals surface area contributed by atoms with E-state index in [1.807, 2.05) is 0 Å². The maximum atomic E-state index is 12.9. The normalized spacial score (nSPS) is 22.2. The minimum atomic E-state index is -1.05. The Labute approximate surface area is 164 Å². The Kier molecular flexibility index (Phi) is 6.02. The second kappa shape index (κ2) is 8.30. The number of hydrogen-bond acceptors (Lipinski definition) is 5. The summed E-state index contributed by atoms with van der Waals surface area (Å²) in [7, 11) is 3.23. The Morgan fingerprint density at radius 3 is 2.75 bits per heavy atom. The molecule has 1 aromatic heterocycles. The number of likely N-dealkylation sites (N-methyl/N-ethyl adjacent to an activating group) is 1. The van der Waals surface area contributed by atoms with Crippen molar-refractivity contribution in [3.05, 3.63) is 17.5 Å². The number of amides is 3. The standard InChI is InChI=1S/C19H29N5O4/c1-19(18(27)21-13-7-4-5-8-13)12-24-15(17(26)23(19)2)11-14(22-24)16(25)20-9-6-10-28-3/h11,13H,4-10,12H2,1-3H3,(H,20,25)(H,21,27)/t19-/m0/s1. The molecular formula is C19H29N5O4. The quantitative estimate of drug-likeness (QED) is 0.661. The molecule has 28 heavy (non-hydrogen) atoms. The molecule has 3 rings (SSSR count). The maximum absolute atomic E-state index is 12.9. The van der Waals surface area contributed by atoms with Gasteiger partial charge in [0.25, 0.3) is 11.8 Å². The topological polar surface area (TPSA) is 106 Å². The van der Waals surface area contributed by atoms with Crippen LogP contribution in [0.1, 0.15) is 60.0 Å². The van der Waals surface area contributed by atoms with Crippen molar-refractivity contribution in [3.63, 3.8) is 0 Å². The van der Waals surface area contributed by atoms with E-state index in [0.29, 0.717) is 25.3 Å². The monoisotopic (exact) mass is 391 g/mol. The lowest BCUT2D eigenvalue weighted by molar-refractivity contribution is -0.133.